The number of rotatable bonds is 11. The maximum Gasteiger partial charge on any atom is 0.259 e. The van der Waals surface area contributed by atoms with Gasteiger partial charge < -0.3 is 18.3 Å². The van der Waals surface area contributed by atoms with Gasteiger partial charge in [-0.25, -0.2) is 9.06 Å². The van der Waals surface area contributed by atoms with E-state index in [1.54, 1.807) is 0 Å². The van der Waals surface area contributed by atoms with Crippen molar-refractivity contribution in [1.82, 2.24) is 4.67 Å². The lowest BCUT2D eigenvalue weighted by molar-refractivity contribution is 0.0506. The van der Waals surface area contributed by atoms with Crippen LogP contribution in [0.3, 0.4) is 0 Å². The first kappa shape index (κ1) is 25.0. The molecule has 1 rings (SSSR count). The average Bonchev–Trinajstić information content (AvgIpc) is 2.85. The van der Waals surface area contributed by atoms with E-state index in [0.29, 0.717) is 19.4 Å². The second kappa shape index (κ2) is 11.2. The van der Waals surface area contributed by atoms with Gasteiger partial charge in [0.1, 0.15) is 15.0 Å². The van der Waals surface area contributed by atoms with E-state index in [1.807, 2.05) is 7.85 Å². The maximum atomic E-state index is 14.2. The first-order valence-corrected chi connectivity index (χ1v) is 13.4. The van der Waals surface area contributed by atoms with Gasteiger partial charge in [0.2, 0.25) is 0 Å². The summed E-state index contributed by atoms with van der Waals surface area (Å²) >= 11 is 0. The third kappa shape index (κ3) is 8.09. The first-order valence-electron chi connectivity index (χ1n) is 9.56. The van der Waals surface area contributed by atoms with Gasteiger partial charge in [-0.3, -0.25) is 0 Å². The van der Waals surface area contributed by atoms with Gasteiger partial charge >= 0.3 is 0 Å². The highest BCUT2D eigenvalue weighted by atomic mass is 31.2. The SMILES string of the molecule is B[C@@H]1O[C@H](CC(F)P(C)(C)=O)C[C@@H]1OP(OCCC#N)N(C(C)C)C(C)C. The summed E-state index contributed by atoms with van der Waals surface area (Å²) in [4.78, 5) is 0. The summed E-state index contributed by atoms with van der Waals surface area (Å²) in [5.41, 5.74) is 0. The lowest BCUT2D eigenvalue weighted by Gasteiger charge is -2.37. The van der Waals surface area contributed by atoms with Crippen LogP contribution in [0.15, 0.2) is 0 Å². The van der Waals surface area contributed by atoms with Crippen LogP contribution in [-0.2, 0) is 18.3 Å². The Labute approximate surface area is 165 Å². The van der Waals surface area contributed by atoms with Crippen molar-refractivity contribution in [1.29, 1.82) is 5.26 Å². The molecule has 0 N–H and O–H groups in total. The molecule has 0 spiro atoms. The van der Waals surface area contributed by atoms with E-state index in [0.717, 1.165) is 0 Å². The molecule has 156 valence electrons. The van der Waals surface area contributed by atoms with Crippen molar-refractivity contribution >= 4 is 23.5 Å². The fraction of sp³-hybridized carbons (Fsp3) is 0.941. The van der Waals surface area contributed by atoms with Gasteiger partial charge in [-0.05, 0) is 41.0 Å². The van der Waals surface area contributed by atoms with Gasteiger partial charge in [-0.15, -0.1) is 0 Å². The van der Waals surface area contributed by atoms with E-state index < -0.39 is 21.6 Å². The van der Waals surface area contributed by atoms with Crippen LogP contribution in [0.25, 0.3) is 0 Å². The number of alkyl halides is 1. The number of ether oxygens (including phenoxy) is 1. The molecular formula is C17H34BFN2O4P2. The summed E-state index contributed by atoms with van der Waals surface area (Å²) in [6.45, 7) is 11.6. The highest BCUT2D eigenvalue weighted by Gasteiger charge is 2.40. The molecule has 5 atom stereocenters. The van der Waals surface area contributed by atoms with E-state index in [-0.39, 0.29) is 36.7 Å². The van der Waals surface area contributed by atoms with Crippen molar-refractivity contribution in [2.24, 2.45) is 0 Å². The Hall–Kier alpha value is -0.0151. The minimum Gasteiger partial charge on any atom is -0.381 e. The zero-order valence-electron chi connectivity index (χ0n) is 17.6. The normalized spacial score (nSPS) is 25.9. The molecule has 0 aromatic carbocycles. The molecule has 27 heavy (non-hydrogen) atoms. The Morgan fingerprint density at radius 2 is 1.96 bits per heavy atom. The fourth-order valence-electron chi connectivity index (χ4n) is 3.06. The molecule has 0 aromatic rings. The Morgan fingerprint density at radius 1 is 1.37 bits per heavy atom. The van der Waals surface area contributed by atoms with Crippen molar-refractivity contribution in [2.75, 3.05) is 19.9 Å². The highest BCUT2D eigenvalue weighted by Crippen LogP contribution is 2.50. The smallest absolute Gasteiger partial charge is 0.259 e. The minimum absolute atomic E-state index is 0.125. The molecule has 1 fully saturated rings. The maximum absolute atomic E-state index is 14.2. The van der Waals surface area contributed by atoms with Crippen molar-refractivity contribution in [2.45, 2.75) is 83.2 Å². The summed E-state index contributed by atoms with van der Waals surface area (Å²) in [6.07, 6.45) is 0.447. The standard InChI is InChI=1S/C17H34BFN2O4P2/c1-12(2)21(13(3)4)26(23-9-7-8-20)25-15-10-14(24-17(15)18)11-16(19)27(5,6)22/h12-17H,7,9-11,18H2,1-6H3/t14-,15-,16?,17+,26?/m0/s1. The van der Waals surface area contributed by atoms with E-state index >= 15 is 0 Å². The van der Waals surface area contributed by atoms with Crippen LogP contribution in [0.4, 0.5) is 4.39 Å². The highest BCUT2D eigenvalue weighted by molar-refractivity contribution is 7.62. The van der Waals surface area contributed by atoms with Crippen molar-refractivity contribution in [3.8, 4) is 6.07 Å². The van der Waals surface area contributed by atoms with Gasteiger partial charge in [-0.1, -0.05) is 0 Å². The molecule has 6 nitrogen and oxygen atoms in total. The zero-order chi connectivity index (χ0) is 20.8. The molecule has 2 unspecified atom stereocenters. The molecule has 0 aromatic heterocycles. The predicted molar refractivity (Wildman–Crippen MR) is 111 cm³/mol. The van der Waals surface area contributed by atoms with Crippen LogP contribution in [0.1, 0.15) is 47.0 Å². The van der Waals surface area contributed by atoms with Crippen LogP contribution in [-0.4, -0.2) is 68.7 Å². The molecule has 0 amide bonds. The second-order valence-electron chi connectivity index (χ2n) is 7.99. The quantitative estimate of drug-likeness (QED) is 0.287. The van der Waals surface area contributed by atoms with Crippen molar-refractivity contribution in [3.63, 3.8) is 0 Å². The van der Waals surface area contributed by atoms with E-state index in [1.165, 1.54) is 13.3 Å². The molecule has 0 radical (unpaired) electrons. The molecular weight excluding hydrogens is 388 g/mol. The Morgan fingerprint density at radius 3 is 2.44 bits per heavy atom. The van der Waals surface area contributed by atoms with E-state index in [9.17, 15) is 8.96 Å². The lowest BCUT2D eigenvalue weighted by Crippen LogP contribution is -2.36. The monoisotopic (exact) mass is 422 g/mol. The third-order valence-electron chi connectivity index (χ3n) is 4.45. The molecule has 10 heteroatoms. The number of hydrogen-bond acceptors (Lipinski definition) is 6. The largest absolute Gasteiger partial charge is 0.381 e. The molecule has 0 aliphatic carbocycles. The van der Waals surface area contributed by atoms with E-state index in [4.69, 9.17) is 19.0 Å². The molecule has 1 aliphatic heterocycles. The Balaban J connectivity index is 2.79. The summed E-state index contributed by atoms with van der Waals surface area (Å²) in [6, 6.07) is 2.32. The fourth-order valence-corrected chi connectivity index (χ4v) is 5.60. The van der Waals surface area contributed by atoms with Crippen molar-refractivity contribution < 1.29 is 22.7 Å². The van der Waals surface area contributed by atoms with Gasteiger partial charge in [0.25, 0.3) is 8.53 Å². The summed E-state index contributed by atoms with van der Waals surface area (Å²) in [7, 11) is -2.23. The summed E-state index contributed by atoms with van der Waals surface area (Å²) in [5, 5.41) is 8.79. The Kier molecular flexibility index (Phi) is 10.4. The summed E-state index contributed by atoms with van der Waals surface area (Å²) in [5.74, 6) is -1.36. The van der Waals surface area contributed by atoms with Crippen LogP contribution < -0.4 is 0 Å². The van der Waals surface area contributed by atoms with Crippen LogP contribution in [0.2, 0.25) is 0 Å². The van der Waals surface area contributed by atoms with Crippen LogP contribution >= 0.6 is 15.7 Å². The molecule has 0 bridgehead atoms. The van der Waals surface area contributed by atoms with Gasteiger partial charge in [0.05, 0.1) is 37.3 Å². The number of nitrogens with zero attached hydrogens (tertiary/aromatic N) is 2. The molecule has 1 heterocycles. The predicted octanol–water partition coefficient (Wildman–Crippen LogP) is 3.70. The topological polar surface area (TPSA) is 71.8 Å². The second-order valence-corrected chi connectivity index (χ2v) is 12.8. The van der Waals surface area contributed by atoms with Crippen molar-refractivity contribution in [3.05, 3.63) is 0 Å². The molecule has 0 saturated carbocycles. The number of halogens is 1. The number of hydrogen-bond donors (Lipinski definition) is 0. The zero-order valence-corrected chi connectivity index (χ0v) is 19.4. The Bertz CT molecular complexity index is 536. The van der Waals surface area contributed by atoms with Crippen LogP contribution in [0.5, 0.6) is 0 Å². The minimum atomic E-state index is -2.78. The van der Waals surface area contributed by atoms with Gasteiger partial charge in [0.15, 0.2) is 5.91 Å². The molecule has 1 aliphatic rings. The third-order valence-corrected chi connectivity index (χ3v) is 8.16. The lowest BCUT2D eigenvalue weighted by atomic mass is 9.94. The average molecular weight is 422 g/mol. The van der Waals surface area contributed by atoms with Gasteiger partial charge in [-0.2, -0.15) is 5.26 Å². The van der Waals surface area contributed by atoms with Gasteiger partial charge in [0, 0.05) is 24.9 Å². The number of nitriles is 1. The summed E-state index contributed by atoms with van der Waals surface area (Å²) < 4.78 is 46.3. The molecule has 1 saturated heterocycles. The van der Waals surface area contributed by atoms with Crippen LogP contribution in [0, 0.1) is 11.3 Å². The van der Waals surface area contributed by atoms with E-state index in [2.05, 4.69) is 38.4 Å². The first-order chi connectivity index (χ1) is 12.5.